The van der Waals surface area contributed by atoms with Crippen molar-refractivity contribution in [3.63, 3.8) is 0 Å². The summed E-state index contributed by atoms with van der Waals surface area (Å²) in [5, 5.41) is 10.2. The van der Waals surface area contributed by atoms with Gasteiger partial charge in [0, 0.05) is 28.9 Å². The summed E-state index contributed by atoms with van der Waals surface area (Å²) >= 11 is 5.98. The molecule has 0 aromatic heterocycles. The van der Waals surface area contributed by atoms with E-state index in [9.17, 15) is 9.90 Å². The Hall–Kier alpha value is -2.00. The number of carbonyl (C=O) groups is 1. The average molecular weight is 290 g/mol. The van der Waals surface area contributed by atoms with Crippen LogP contribution in [-0.4, -0.2) is 17.6 Å². The van der Waals surface area contributed by atoms with Crippen molar-refractivity contribution in [1.82, 2.24) is 0 Å². The third kappa shape index (κ3) is 2.94. The van der Waals surface area contributed by atoms with E-state index >= 15 is 0 Å². The number of aromatic hydroxyl groups is 1. The molecule has 0 aliphatic rings. The maximum Gasteiger partial charge on any atom is 0.258 e. The van der Waals surface area contributed by atoms with Crippen molar-refractivity contribution in [2.24, 2.45) is 0 Å². The van der Waals surface area contributed by atoms with Gasteiger partial charge in [-0.1, -0.05) is 17.7 Å². The monoisotopic (exact) mass is 289 g/mol. The van der Waals surface area contributed by atoms with E-state index in [1.165, 1.54) is 0 Å². The third-order valence-electron chi connectivity index (χ3n) is 3.11. The van der Waals surface area contributed by atoms with E-state index in [0.29, 0.717) is 22.8 Å². The van der Waals surface area contributed by atoms with Gasteiger partial charge in [0.2, 0.25) is 0 Å². The fourth-order valence-electron chi connectivity index (χ4n) is 2.04. The van der Waals surface area contributed by atoms with E-state index in [4.69, 9.17) is 11.6 Å². The zero-order valence-corrected chi connectivity index (χ0v) is 12.2. The molecule has 4 heteroatoms. The number of hydrogen-bond donors (Lipinski definition) is 1. The van der Waals surface area contributed by atoms with Crippen molar-refractivity contribution in [3.05, 3.63) is 58.6 Å². The van der Waals surface area contributed by atoms with Crippen LogP contribution in [0.3, 0.4) is 0 Å². The van der Waals surface area contributed by atoms with Crippen LogP contribution in [0.1, 0.15) is 22.8 Å². The van der Waals surface area contributed by atoms with Gasteiger partial charge in [-0.15, -0.1) is 0 Å². The quantitative estimate of drug-likeness (QED) is 0.927. The van der Waals surface area contributed by atoms with Gasteiger partial charge in [0.1, 0.15) is 5.75 Å². The van der Waals surface area contributed by atoms with Gasteiger partial charge in [0.15, 0.2) is 0 Å². The van der Waals surface area contributed by atoms with Crippen LogP contribution in [0.4, 0.5) is 5.69 Å². The van der Waals surface area contributed by atoms with Gasteiger partial charge in [0.05, 0.1) is 0 Å². The van der Waals surface area contributed by atoms with Crippen molar-refractivity contribution in [2.45, 2.75) is 13.8 Å². The Balaban J connectivity index is 2.36. The van der Waals surface area contributed by atoms with Crippen LogP contribution in [0, 0.1) is 6.92 Å². The maximum atomic E-state index is 12.6. The fraction of sp³-hybridized carbons (Fsp3) is 0.188. The van der Waals surface area contributed by atoms with Crippen LogP contribution in [0.5, 0.6) is 5.75 Å². The molecule has 0 unspecified atom stereocenters. The Morgan fingerprint density at radius 2 is 2.00 bits per heavy atom. The van der Waals surface area contributed by atoms with Crippen molar-refractivity contribution in [1.29, 1.82) is 0 Å². The normalized spacial score (nSPS) is 10.3. The van der Waals surface area contributed by atoms with Crippen LogP contribution < -0.4 is 4.90 Å². The van der Waals surface area contributed by atoms with Crippen molar-refractivity contribution >= 4 is 23.2 Å². The molecule has 1 amide bonds. The summed E-state index contributed by atoms with van der Waals surface area (Å²) in [6, 6.07) is 11.9. The Morgan fingerprint density at radius 3 is 2.60 bits per heavy atom. The first-order valence-electron chi connectivity index (χ1n) is 6.40. The van der Waals surface area contributed by atoms with Gasteiger partial charge in [-0.3, -0.25) is 4.79 Å². The van der Waals surface area contributed by atoms with Gasteiger partial charge >= 0.3 is 0 Å². The molecule has 2 rings (SSSR count). The van der Waals surface area contributed by atoms with Crippen LogP contribution in [0.25, 0.3) is 0 Å². The third-order valence-corrected chi connectivity index (χ3v) is 3.53. The number of halogens is 1. The lowest BCUT2D eigenvalue weighted by Gasteiger charge is -2.21. The van der Waals surface area contributed by atoms with Crippen LogP contribution >= 0.6 is 11.6 Å². The number of phenols is 1. The molecule has 2 aromatic rings. The second-order valence-corrected chi connectivity index (χ2v) is 4.94. The molecule has 0 fully saturated rings. The van der Waals surface area contributed by atoms with Crippen molar-refractivity contribution < 1.29 is 9.90 Å². The number of aryl methyl sites for hydroxylation is 1. The molecule has 0 heterocycles. The fourth-order valence-corrected chi connectivity index (χ4v) is 2.16. The number of phenolic OH excluding ortho intramolecular Hbond substituents is 1. The summed E-state index contributed by atoms with van der Waals surface area (Å²) in [6.07, 6.45) is 0. The molecule has 0 radical (unpaired) electrons. The summed E-state index contributed by atoms with van der Waals surface area (Å²) in [4.78, 5) is 14.2. The first-order valence-corrected chi connectivity index (χ1v) is 6.77. The number of amides is 1. The summed E-state index contributed by atoms with van der Waals surface area (Å²) in [6.45, 7) is 4.28. The number of anilines is 1. The van der Waals surface area contributed by atoms with E-state index in [1.54, 1.807) is 47.4 Å². The van der Waals surface area contributed by atoms with Gasteiger partial charge < -0.3 is 10.0 Å². The Bertz CT molecular complexity index is 640. The number of nitrogens with zero attached hydrogens (tertiary/aromatic N) is 1. The molecule has 0 aliphatic carbocycles. The molecule has 0 saturated heterocycles. The lowest BCUT2D eigenvalue weighted by molar-refractivity contribution is 0.0988. The first-order chi connectivity index (χ1) is 9.52. The summed E-state index contributed by atoms with van der Waals surface area (Å²) in [7, 11) is 0. The van der Waals surface area contributed by atoms with E-state index in [0.717, 1.165) is 5.56 Å². The molecular weight excluding hydrogens is 274 g/mol. The molecule has 0 bridgehead atoms. The molecule has 0 spiro atoms. The molecule has 20 heavy (non-hydrogen) atoms. The van der Waals surface area contributed by atoms with Gasteiger partial charge in [-0.25, -0.2) is 0 Å². The highest BCUT2D eigenvalue weighted by molar-refractivity contribution is 6.31. The number of carbonyl (C=O) groups excluding carboxylic acids is 1. The predicted octanol–water partition coefficient (Wildman–Crippen LogP) is 4.02. The standard InChI is InChI=1S/C16H16ClNO2/c1-3-18(13-5-4-6-14(19)10-13)16(20)12-7-8-15(17)11(2)9-12/h4-10,19H,3H2,1-2H3. The zero-order chi connectivity index (χ0) is 14.7. The first kappa shape index (κ1) is 14.4. The minimum Gasteiger partial charge on any atom is -0.508 e. The molecule has 0 aliphatic heterocycles. The van der Waals surface area contributed by atoms with Gasteiger partial charge in [-0.05, 0) is 49.7 Å². The predicted molar refractivity (Wildman–Crippen MR) is 81.6 cm³/mol. The van der Waals surface area contributed by atoms with Crippen LogP contribution in [0.2, 0.25) is 5.02 Å². The maximum absolute atomic E-state index is 12.6. The highest BCUT2D eigenvalue weighted by Gasteiger charge is 2.17. The summed E-state index contributed by atoms with van der Waals surface area (Å²) in [5.74, 6) is 0.0268. The summed E-state index contributed by atoms with van der Waals surface area (Å²) in [5.41, 5.74) is 2.12. The molecule has 3 nitrogen and oxygen atoms in total. The highest BCUT2D eigenvalue weighted by atomic mass is 35.5. The van der Waals surface area contributed by atoms with Gasteiger partial charge in [-0.2, -0.15) is 0 Å². The minimum atomic E-state index is -0.113. The van der Waals surface area contributed by atoms with E-state index in [-0.39, 0.29) is 11.7 Å². The van der Waals surface area contributed by atoms with E-state index in [1.807, 2.05) is 13.8 Å². The van der Waals surface area contributed by atoms with Crippen molar-refractivity contribution in [2.75, 3.05) is 11.4 Å². The Morgan fingerprint density at radius 1 is 1.25 bits per heavy atom. The van der Waals surface area contributed by atoms with E-state index in [2.05, 4.69) is 0 Å². The highest BCUT2D eigenvalue weighted by Crippen LogP contribution is 2.23. The molecule has 0 atom stereocenters. The second-order valence-electron chi connectivity index (χ2n) is 4.53. The number of benzene rings is 2. The zero-order valence-electron chi connectivity index (χ0n) is 11.4. The van der Waals surface area contributed by atoms with E-state index < -0.39 is 0 Å². The molecular formula is C16H16ClNO2. The van der Waals surface area contributed by atoms with Crippen LogP contribution in [0.15, 0.2) is 42.5 Å². The molecule has 104 valence electrons. The van der Waals surface area contributed by atoms with Crippen molar-refractivity contribution in [3.8, 4) is 5.75 Å². The number of hydrogen-bond acceptors (Lipinski definition) is 2. The lowest BCUT2D eigenvalue weighted by Crippen LogP contribution is -2.30. The Kier molecular flexibility index (Phi) is 4.30. The Labute approximate surface area is 123 Å². The largest absolute Gasteiger partial charge is 0.508 e. The lowest BCUT2D eigenvalue weighted by atomic mass is 10.1. The molecule has 2 aromatic carbocycles. The average Bonchev–Trinajstić information content (AvgIpc) is 2.42. The minimum absolute atomic E-state index is 0.113. The van der Waals surface area contributed by atoms with Gasteiger partial charge in [0.25, 0.3) is 5.91 Å². The molecule has 0 saturated carbocycles. The smallest absolute Gasteiger partial charge is 0.258 e. The van der Waals surface area contributed by atoms with Crippen LogP contribution in [-0.2, 0) is 0 Å². The second kappa shape index (κ2) is 5.97. The SMILES string of the molecule is CCN(C(=O)c1ccc(Cl)c(C)c1)c1cccc(O)c1. The summed E-state index contributed by atoms with van der Waals surface area (Å²) < 4.78 is 0. The molecule has 1 N–H and O–H groups in total. The topological polar surface area (TPSA) is 40.5 Å². The number of rotatable bonds is 3.